The van der Waals surface area contributed by atoms with Crippen LogP contribution in [0.25, 0.3) is 0 Å². The van der Waals surface area contributed by atoms with Gasteiger partial charge in [0.25, 0.3) is 0 Å². The molecule has 0 aliphatic heterocycles. The molecule has 0 bridgehead atoms. The lowest BCUT2D eigenvalue weighted by atomic mass is 10.0. The molecule has 0 amide bonds. The summed E-state index contributed by atoms with van der Waals surface area (Å²) in [6.45, 7) is 10.4. The van der Waals surface area contributed by atoms with Gasteiger partial charge in [0.1, 0.15) is 18.5 Å². The first-order valence-corrected chi connectivity index (χ1v) is 7.65. The van der Waals surface area contributed by atoms with E-state index in [2.05, 4.69) is 32.2 Å². The Hall–Kier alpha value is -1.06. The summed E-state index contributed by atoms with van der Waals surface area (Å²) in [7, 11) is 0. The van der Waals surface area contributed by atoms with E-state index in [9.17, 15) is 5.11 Å². The second kappa shape index (κ2) is 8.98. The zero-order chi connectivity index (χ0) is 15.0. The molecule has 1 aromatic rings. The van der Waals surface area contributed by atoms with Gasteiger partial charge in [-0.15, -0.1) is 0 Å². The van der Waals surface area contributed by atoms with Gasteiger partial charge in [-0.25, -0.2) is 0 Å². The van der Waals surface area contributed by atoms with Crippen molar-refractivity contribution in [1.29, 1.82) is 0 Å². The van der Waals surface area contributed by atoms with Crippen LogP contribution in [-0.4, -0.2) is 30.9 Å². The van der Waals surface area contributed by atoms with Crippen molar-refractivity contribution in [2.45, 2.75) is 46.6 Å². The molecule has 1 unspecified atom stereocenters. The minimum Gasteiger partial charge on any atom is -0.491 e. The fourth-order valence-electron chi connectivity index (χ4n) is 2.24. The van der Waals surface area contributed by atoms with E-state index in [0.717, 1.165) is 17.9 Å². The van der Waals surface area contributed by atoms with Gasteiger partial charge in [0.05, 0.1) is 0 Å². The lowest BCUT2D eigenvalue weighted by Crippen LogP contribution is -2.34. The maximum atomic E-state index is 9.93. The van der Waals surface area contributed by atoms with Gasteiger partial charge in [-0.3, -0.25) is 0 Å². The largest absolute Gasteiger partial charge is 0.491 e. The number of hydrogen-bond acceptors (Lipinski definition) is 3. The number of ether oxygens (including phenoxy) is 1. The van der Waals surface area contributed by atoms with Crippen molar-refractivity contribution in [2.75, 3.05) is 19.7 Å². The standard InChI is InChI=1S/C17H29NO2/c1-5-15(6-2)10-18-11-16(19)12-20-17-8-7-13(3)9-14(17)4/h7-9,15-16,18-19H,5-6,10-12H2,1-4H3. The smallest absolute Gasteiger partial charge is 0.122 e. The summed E-state index contributed by atoms with van der Waals surface area (Å²) in [6.07, 6.45) is 1.89. The van der Waals surface area contributed by atoms with Gasteiger partial charge in [-0.1, -0.05) is 44.4 Å². The molecule has 0 fully saturated rings. The maximum absolute atomic E-state index is 9.93. The Morgan fingerprint density at radius 1 is 1.15 bits per heavy atom. The zero-order valence-corrected chi connectivity index (χ0v) is 13.3. The van der Waals surface area contributed by atoms with E-state index in [4.69, 9.17) is 4.74 Å². The molecule has 0 heterocycles. The van der Waals surface area contributed by atoms with Crippen molar-refractivity contribution >= 4 is 0 Å². The number of aliphatic hydroxyl groups is 1. The normalized spacial score (nSPS) is 12.7. The van der Waals surface area contributed by atoms with E-state index in [1.807, 2.05) is 19.1 Å². The minimum atomic E-state index is -0.468. The van der Waals surface area contributed by atoms with Crippen LogP contribution in [0.4, 0.5) is 0 Å². The number of benzene rings is 1. The molecule has 3 nitrogen and oxygen atoms in total. The van der Waals surface area contributed by atoms with Crippen molar-refractivity contribution in [3.63, 3.8) is 0 Å². The Balaban J connectivity index is 2.27. The molecule has 0 radical (unpaired) electrons. The summed E-state index contributed by atoms with van der Waals surface area (Å²) >= 11 is 0. The number of aryl methyl sites for hydroxylation is 2. The molecule has 1 atom stereocenters. The predicted molar refractivity (Wildman–Crippen MR) is 84.4 cm³/mol. The van der Waals surface area contributed by atoms with E-state index in [-0.39, 0.29) is 0 Å². The SMILES string of the molecule is CCC(CC)CNCC(O)COc1ccc(C)cc1C. The molecule has 3 heteroatoms. The van der Waals surface area contributed by atoms with E-state index in [1.54, 1.807) is 0 Å². The van der Waals surface area contributed by atoms with E-state index in [1.165, 1.54) is 18.4 Å². The van der Waals surface area contributed by atoms with Crippen LogP contribution in [0.3, 0.4) is 0 Å². The molecular weight excluding hydrogens is 250 g/mol. The number of aliphatic hydroxyl groups excluding tert-OH is 1. The summed E-state index contributed by atoms with van der Waals surface area (Å²) in [6, 6.07) is 6.09. The molecule has 1 rings (SSSR count). The van der Waals surface area contributed by atoms with Crippen LogP contribution in [-0.2, 0) is 0 Å². The highest BCUT2D eigenvalue weighted by molar-refractivity contribution is 5.35. The van der Waals surface area contributed by atoms with Gasteiger partial charge in [-0.2, -0.15) is 0 Å². The van der Waals surface area contributed by atoms with Crippen molar-refractivity contribution in [3.8, 4) is 5.75 Å². The van der Waals surface area contributed by atoms with Gasteiger partial charge >= 0.3 is 0 Å². The topological polar surface area (TPSA) is 41.5 Å². The van der Waals surface area contributed by atoms with Crippen molar-refractivity contribution in [3.05, 3.63) is 29.3 Å². The first-order valence-electron chi connectivity index (χ1n) is 7.65. The Kier molecular flexibility index (Phi) is 7.63. The Labute approximate surface area is 123 Å². The number of hydrogen-bond donors (Lipinski definition) is 2. The highest BCUT2D eigenvalue weighted by Crippen LogP contribution is 2.18. The molecule has 0 spiro atoms. The molecule has 1 aromatic carbocycles. The van der Waals surface area contributed by atoms with Gasteiger partial charge in [0.2, 0.25) is 0 Å². The molecule has 20 heavy (non-hydrogen) atoms. The highest BCUT2D eigenvalue weighted by Gasteiger charge is 2.08. The van der Waals surface area contributed by atoms with Crippen LogP contribution in [0.15, 0.2) is 18.2 Å². The van der Waals surface area contributed by atoms with Crippen LogP contribution >= 0.6 is 0 Å². The van der Waals surface area contributed by atoms with Gasteiger partial charge in [-0.05, 0) is 37.9 Å². The Morgan fingerprint density at radius 2 is 1.85 bits per heavy atom. The Morgan fingerprint density at radius 3 is 2.45 bits per heavy atom. The fraction of sp³-hybridized carbons (Fsp3) is 0.647. The quantitative estimate of drug-likeness (QED) is 0.730. The van der Waals surface area contributed by atoms with Crippen LogP contribution in [0, 0.1) is 19.8 Å². The van der Waals surface area contributed by atoms with Crippen LogP contribution in [0.2, 0.25) is 0 Å². The maximum Gasteiger partial charge on any atom is 0.122 e. The van der Waals surface area contributed by atoms with Gasteiger partial charge in [0, 0.05) is 6.54 Å². The van der Waals surface area contributed by atoms with Gasteiger partial charge in [0.15, 0.2) is 0 Å². The zero-order valence-electron chi connectivity index (χ0n) is 13.3. The average molecular weight is 279 g/mol. The summed E-state index contributed by atoms with van der Waals surface area (Å²) in [5.74, 6) is 1.55. The van der Waals surface area contributed by atoms with Gasteiger partial charge < -0.3 is 15.2 Å². The van der Waals surface area contributed by atoms with Crippen molar-refractivity contribution in [2.24, 2.45) is 5.92 Å². The molecule has 0 saturated carbocycles. The highest BCUT2D eigenvalue weighted by atomic mass is 16.5. The lowest BCUT2D eigenvalue weighted by Gasteiger charge is -2.17. The lowest BCUT2D eigenvalue weighted by molar-refractivity contribution is 0.105. The first-order chi connectivity index (χ1) is 9.56. The van der Waals surface area contributed by atoms with Crippen LogP contribution in [0.5, 0.6) is 5.75 Å². The predicted octanol–water partition coefficient (Wildman–Crippen LogP) is 3.07. The molecule has 0 saturated heterocycles. The first kappa shape index (κ1) is 17.0. The summed E-state index contributed by atoms with van der Waals surface area (Å²) < 4.78 is 5.67. The molecule has 0 aromatic heterocycles. The minimum absolute atomic E-state index is 0.333. The van der Waals surface area contributed by atoms with Crippen molar-refractivity contribution in [1.82, 2.24) is 5.32 Å². The number of nitrogens with one attached hydrogen (secondary N) is 1. The number of rotatable bonds is 9. The third-order valence-electron chi connectivity index (χ3n) is 3.73. The summed E-state index contributed by atoms with van der Waals surface area (Å²) in [5, 5.41) is 13.2. The third kappa shape index (κ3) is 5.93. The van der Waals surface area contributed by atoms with E-state index >= 15 is 0 Å². The van der Waals surface area contributed by atoms with Crippen LogP contribution in [0.1, 0.15) is 37.8 Å². The monoisotopic (exact) mass is 279 g/mol. The molecule has 114 valence electrons. The van der Waals surface area contributed by atoms with E-state index in [0.29, 0.717) is 19.1 Å². The third-order valence-corrected chi connectivity index (χ3v) is 3.73. The Bertz CT molecular complexity index is 389. The molecule has 2 N–H and O–H groups in total. The summed E-state index contributed by atoms with van der Waals surface area (Å²) in [5.41, 5.74) is 2.34. The van der Waals surface area contributed by atoms with E-state index < -0.39 is 6.10 Å². The van der Waals surface area contributed by atoms with Crippen molar-refractivity contribution < 1.29 is 9.84 Å². The van der Waals surface area contributed by atoms with Crippen LogP contribution < -0.4 is 10.1 Å². The summed E-state index contributed by atoms with van der Waals surface area (Å²) in [4.78, 5) is 0. The second-order valence-electron chi connectivity index (χ2n) is 5.57. The average Bonchev–Trinajstić information content (AvgIpc) is 2.42. The second-order valence-corrected chi connectivity index (χ2v) is 5.57. The molecular formula is C17H29NO2. The molecule has 0 aliphatic carbocycles. The molecule has 0 aliphatic rings. The fourth-order valence-corrected chi connectivity index (χ4v) is 2.24.